The van der Waals surface area contributed by atoms with Crippen LogP contribution >= 0.6 is 23.1 Å². The number of nitrogens with zero attached hydrogens (tertiary/aromatic N) is 3. The number of likely N-dealkylation sites (N-methyl/N-ethyl adjacent to an activating group) is 1. The number of hydrogen-bond donors (Lipinski definition) is 3. The zero-order valence-corrected chi connectivity index (χ0v) is 19.6. The standard InChI is InChI=1S/C20H25ClF2N6O3S/c1-28-5-7-29(8-6-28)4-2-3-25-20(31)26-19-16(17(24)30)18(27-33-19)32-11-13-14(22)9-12(21)10-15(13)23/h9-10H,2-8,11H2,1H3,(H2,24,30)(H2,25,26,31). The Balaban J connectivity index is 1.52. The summed E-state index contributed by atoms with van der Waals surface area (Å²) in [4.78, 5) is 28.7. The molecule has 1 aliphatic heterocycles. The maximum atomic E-state index is 13.9. The van der Waals surface area contributed by atoms with Gasteiger partial charge in [0.25, 0.3) is 5.91 Å². The van der Waals surface area contributed by atoms with Crippen LogP contribution in [0.5, 0.6) is 5.88 Å². The number of benzene rings is 1. The predicted molar refractivity (Wildman–Crippen MR) is 122 cm³/mol. The van der Waals surface area contributed by atoms with E-state index in [0.29, 0.717) is 6.54 Å². The van der Waals surface area contributed by atoms with E-state index >= 15 is 0 Å². The van der Waals surface area contributed by atoms with E-state index in [9.17, 15) is 18.4 Å². The molecule has 0 bridgehead atoms. The van der Waals surface area contributed by atoms with Crippen LogP contribution in [0.25, 0.3) is 0 Å². The highest BCUT2D eigenvalue weighted by Gasteiger charge is 2.23. The van der Waals surface area contributed by atoms with E-state index in [2.05, 4.69) is 31.9 Å². The van der Waals surface area contributed by atoms with E-state index in [4.69, 9.17) is 22.1 Å². The summed E-state index contributed by atoms with van der Waals surface area (Å²) >= 11 is 6.38. The summed E-state index contributed by atoms with van der Waals surface area (Å²) in [5.74, 6) is -2.93. The number of urea groups is 1. The molecule has 13 heteroatoms. The Bertz CT molecular complexity index is 977. The van der Waals surface area contributed by atoms with Crippen LogP contribution in [0.4, 0.5) is 18.6 Å². The highest BCUT2D eigenvalue weighted by Crippen LogP contribution is 2.31. The molecule has 2 aromatic rings. The first kappa shape index (κ1) is 25.1. The number of rotatable bonds is 9. The van der Waals surface area contributed by atoms with Gasteiger partial charge in [0.15, 0.2) is 0 Å². The van der Waals surface area contributed by atoms with Crippen molar-refractivity contribution >= 4 is 40.1 Å². The molecule has 0 unspecified atom stereocenters. The van der Waals surface area contributed by atoms with Gasteiger partial charge < -0.3 is 25.6 Å². The van der Waals surface area contributed by atoms with Crippen LogP contribution in [-0.4, -0.2) is 72.4 Å². The second kappa shape index (κ2) is 11.5. The van der Waals surface area contributed by atoms with E-state index in [1.54, 1.807) is 0 Å². The van der Waals surface area contributed by atoms with Crippen LogP contribution in [0.15, 0.2) is 12.1 Å². The van der Waals surface area contributed by atoms with E-state index in [1.807, 2.05) is 0 Å². The second-order valence-corrected chi connectivity index (χ2v) is 8.78. The van der Waals surface area contributed by atoms with Crippen molar-refractivity contribution in [3.63, 3.8) is 0 Å². The Morgan fingerprint density at radius 3 is 2.55 bits per heavy atom. The third kappa shape index (κ3) is 6.97. The molecule has 1 saturated heterocycles. The minimum Gasteiger partial charge on any atom is -0.471 e. The van der Waals surface area contributed by atoms with Crippen molar-refractivity contribution in [2.24, 2.45) is 5.73 Å². The maximum Gasteiger partial charge on any atom is 0.319 e. The summed E-state index contributed by atoms with van der Waals surface area (Å²) < 4.78 is 37.2. The zero-order chi connectivity index (χ0) is 24.0. The van der Waals surface area contributed by atoms with Crippen molar-refractivity contribution in [3.05, 3.63) is 39.9 Å². The fourth-order valence-corrected chi connectivity index (χ4v) is 4.18. The number of halogens is 3. The van der Waals surface area contributed by atoms with Gasteiger partial charge in [-0.2, -0.15) is 4.37 Å². The number of nitrogens with two attached hydrogens (primary N) is 1. The third-order valence-corrected chi connectivity index (χ3v) is 6.09. The van der Waals surface area contributed by atoms with Gasteiger partial charge in [0.1, 0.15) is 28.8 Å². The van der Waals surface area contributed by atoms with Gasteiger partial charge in [-0.1, -0.05) is 11.6 Å². The van der Waals surface area contributed by atoms with Crippen molar-refractivity contribution in [1.29, 1.82) is 0 Å². The Morgan fingerprint density at radius 2 is 1.91 bits per heavy atom. The van der Waals surface area contributed by atoms with Crippen molar-refractivity contribution in [3.8, 4) is 5.88 Å². The molecule has 0 saturated carbocycles. The Hall–Kier alpha value is -2.54. The molecule has 180 valence electrons. The molecular formula is C20H25ClF2N6O3S. The lowest BCUT2D eigenvalue weighted by atomic mass is 10.2. The van der Waals surface area contributed by atoms with E-state index < -0.39 is 30.2 Å². The van der Waals surface area contributed by atoms with Crippen LogP contribution < -0.4 is 21.1 Å². The van der Waals surface area contributed by atoms with Crippen molar-refractivity contribution in [2.45, 2.75) is 13.0 Å². The average Bonchev–Trinajstić information content (AvgIpc) is 3.14. The molecule has 1 fully saturated rings. The highest BCUT2D eigenvalue weighted by molar-refractivity contribution is 7.11. The van der Waals surface area contributed by atoms with Gasteiger partial charge in [-0.3, -0.25) is 10.1 Å². The highest BCUT2D eigenvalue weighted by atomic mass is 35.5. The zero-order valence-electron chi connectivity index (χ0n) is 18.0. The number of carbonyl (C=O) groups is 2. The molecular weight excluding hydrogens is 478 g/mol. The largest absolute Gasteiger partial charge is 0.471 e. The third-order valence-electron chi connectivity index (χ3n) is 5.13. The molecule has 3 amide bonds. The summed E-state index contributed by atoms with van der Waals surface area (Å²) in [6, 6.07) is 1.36. The fourth-order valence-electron chi connectivity index (χ4n) is 3.25. The SMILES string of the molecule is CN1CCN(CCCNC(=O)Nc2snc(OCc3c(F)cc(Cl)cc3F)c2C(N)=O)CC1. The molecule has 1 aromatic carbocycles. The summed E-state index contributed by atoms with van der Waals surface area (Å²) in [5.41, 5.74) is 4.84. The summed E-state index contributed by atoms with van der Waals surface area (Å²) in [6.07, 6.45) is 0.773. The minimum atomic E-state index is -0.902. The molecule has 1 aliphatic rings. The molecule has 0 atom stereocenters. The second-order valence-electron chi connectivity index (χ2n) is 7.57. The molecule has 33 heavy (non-hydrogen) atoms. The van der Waals surface area contributed by atoms with Gasteiger partial charge in [-0.05, 0) is 43.7 Å². The summed E-state index contributed by atoms with van der Waals surface area (Å²) in [7, 11) is 2.09. The van der Waals surface area contributed by atoms with Gasteiger partial charge in [-0.15, -0.1) is 0 Å². The molecule has 0 radical (unpaired) electrons. The van der Waals surface area contributed by atoms with Gasteiger partial charge in [0.05, 0.1) is 5.56 Å². The van der Waals surface area contributed by atoms with E-state index in [1.165, 1.54) is 0 Å². The van der Waals surface area contributed by atoms with Gasteiger partial charge in [0.2, 0.25) is 5.88 Å². The van der Waals surface area contributed by atoms with Crippen LogP contribution in [-0.2, 0) is 6.61 Å². The normalized spacial score (nSPS) is 14.8. The average molecular weight is 503 g/mol. The topological polar surface area (TPSA) is 113 Å². The van der Waals surface area contributed by atoms with Gasteiger partial charge in [0, 0.05) is 37.7 Å². The lowest BCUT2D eigenvalue weighted by Crippen LogP contribution is -2.45. The van der Waals surface area contributed by atoms with Gasteiger partial charge >= 0.3 is 6.03 Å². The Labute approximate surface area is 199 Å². The molecule has 9 nitrogen and oxygen atoms in total. The summed E-state index contributed by atoms with van der Waals surface area (Å²) in [6.45, 7) is 4.82. The molecule has 0 spiro atoms. The first-order chi connectivity index (χ1) is 15.7. The number of carbonyl (C=O) groups excluding carboxylic acids is 2. The first-order valence-corrected chi connectivity index (χ1v) is 11.4. The Morgan fingerprint density at radius 1 is 1.24 bits per heavy atom. The van der Waals surface area contributed by atoms with Crippen molar-refractivity contribution in [1.82, 2.24) is 19.5 Å². The van der Waals surface area contributed by atoms with Crippen molar-refractivity contribution in [2.75, 3.05) is 51.6 Å². The number of amides is 3. The van der Waals surface area contributed by atoms with Crippen LogP contribution in [0, 0.1) is 11.6 Å². The van der Waals surface area contributed by atoms with Crippen LogP contribution in [0.2, 0.25) is 5.02 Å². The number of nitrogens with one attached hydrogen (secondary N) is 2. The quantitative estimate of drug-likeness (QED) is 0.454. The van der Waals surface area contributed by atoms with E-state index in [-0.39, 0.29) is 27.0 Å². The molecule has 4 N–H and O–H groups in total. The van der Waals surface area contributed by atoms with Crippen LogP contribution in [0.3, 0.4) is 0 Å². The fraction of sp³-hybridized carbons (Fsp3) is 0.450. The number of primary amides is 1. The number of hydrogen-bond acceptors (Lipinski definition) is 7. The number of aromatic nitrogens is 1. The predicted octanol–water partition coefficient (Wildman–Crippen LogP) is 2.51. The van der Waals surface area contributed by atoms with Crippen LogP contribution in [0.1, 0.15) is 22.3 Å². The first-order valence-electron chi connectivity index (χ1n) is 10.3. The smallest absolute Gasteiger partial charge is 0.319 e. The maximum absolute atomic E-state index is 13.9. The van der Waals surface area contributed by atoms with Gasteiger partial charge in [-0.25, -0.2) is 13.6 Å². The minimum absolute atomic E-state index is 0.0751. The number of anilines is 1. The molecule has 0 aliphatic carbocycles. The van der Waals surface area contributed by atoms with E-state index in [0.717, 1.165) is 62.8 Å². The molecule has 3 rings (SSSR count). The lowest BCUT2D eigenvalue weighted by molar-refractivity contribution is 0.0996. The van der Waals surface area contributed by atoms with Crippen molar-refractivity contribution < 1.29 is 23.1 Å². The lowest BCUT2D eigenvalue weighted by Gasteiger charge is -2.32. The molecule has 1 aromatic heterocycles. The Kier molecular flexibility index (Phi) is 8.78. The molecule has 2 heterocycles. The monoisotopic (exact) mass is 502 g/mol. The number of piperazine rings is 1. The summed E-state index contributed by atoms with van der Waals surface area (Å²) in [5, 5.41) is 5.22. The number of ether oxygens (including phenoxy) is 1.